The predicted molar refractivity (Wildman–Crippen MR) is 93.8 cm³/mol. The molecule has 0 amide bonds. The molecule has 2 unspecified atom stereocenters. The molecule has 2 rings (SSSR count). The van der Waals surface area contributed by atoms with Crippen molar-refractivity contribution < 1.29 is 0 Å². The van der Waals surface area contributed by atoms with Gasteiger partial charge < -0.3 is 5.32 Å². The maximum absolute atomic E-state index is 3.84. The fourth-order valence-corrected chi connectivity index (χ4v) is 4.15. The van der Waals surface area contributed by atoms with Crippen molar-refractivity contribution in [2.45, 2.75) is 66.8 Å². The maximum Gasteiger partial charge on any atom is 0.0342 e. The second-order valence-electron chi connectivity index (χ2n) is 8.29. The summed E-state index contributed by atoms with van der Waals surface area (Å²) >= 11 is 0. The van der Waals surface area contributed by atoms with Crippen molar-refractivity contribution >= 4 is 5.69 Å². The number of hydrogen-bond donors (Lipinski definition) is 1. The third-order valence-corrected chi connectivity index (χ3v) is 5.84. The number of rotatable bonds is 3. The highest BCUT2D eigenvalue weighted by Gasteiger charge is 2.43. The average molecular weight is 287 g/mol. The molecule has 1 N–H and O–H groups in total. The van der Waals surface area contributed by atoms with Crippen LogP contribution < -0.4 is 5.32 Å². The molecule has 1 aromatic carbocycles. The summed E-state index contributed by atoms with van der Waals surface area (Å²) < 4.78 is 0. The standard InChI is InChI=1S/C20H33N/c1-13(2)17-8-10-18(11-9-17)21-19-16(5)15(4)14(3)12-20(19,6)7/h8-11,13-16,19,21H,12H2,1-7H3/t14?,15?,16-,19-/m1/s1. The molecule has 1 saturated carbocycles. The van der Waals surface area contributed by atoms with Gasteiger partial charge in [-0.15, -0.1) is 0 Å². The second-order valence-corrected chi connectivity index (χ2v) is 8.29. The van der Waals surface area contributed by atoms with Crippen LogP contribution in [0.2, 0.25) is 0 Å². The zero-order valence-electron chi connectivity index (χ0n) is 14.9. The van der Waals surface area contributed by atoms with Crippen LogP contribution in [0.1, 0.15) is 66.4 Å². The smallest absolute Gasteiger partial charge is 0.0342 e. The summed E-state index contributed by atoms with van der Waals surface area (Å²) in [6.07, 6.45) is 1.31. The average Bonchev–Trinajstić information content (AvgIpc) is 2.41. The molecule has 1 aliphatic rings. The van der Waals surface area contributed by atoms with Crippen LogP contribution in [0.25, 0.3) is 0 Å². The summed E-state index contributed by atoms with van der Waals surface area (Å²) in [6, 6.07) is 9.58. The van der Waals surface area contributed by atoms with Gasteiger partial charge in [0.25, 0.3) is 0 Å². The lowest BCUT2D eigenvalue weighted by atomic mass is 9.60. The molecule has 0 saturated heterocycles. The molecular formula is C20H33N. The minimum absolute atomic E-state index is 0.349. The molecule has 1 aliphatic carbocycles. The Hall–Kier alpha value is -0.980. The Kier molecular flexibility index (Phi) is 4.70. The van der Waals surface area contributed by atoms with E-state index in [2.05, 4.69) is 78.0 Å². The second kappa shape index (κ2) is 6.02. The van der Waals surface area contributed by atoms with E-state index < -0.39 is 0 Å². The summed E-state index contributed by atoms with van der Waals surface area (Å²) in [7, 11) is 0. The molecule has 0 radical (unpaired) electrons. The molecule has 1 fully saturated rings. The van der Waals surface area contributed by atoms with Crippen molar-refractivity contribution in [2.75, 3.05) is 5.32 Å². The molecule has 0 heterocycles. The Labute approximate surface area is 131 Å². The predicted octanol–water partition coefficient (Wildman–Crippen LogP) is 5.93. The van der Waals surface area contributed by atoms with Crippen molar-refractivity contribution in [3.8, 4) is 0 Å². The first kappa shape index (κ1) is 16.4. The van der Waals surface area contributed by atoms with E-state index in [1.807, 2.05) is 0 Å². The molecule has 1 aromatic rings. The van der Waals surface area contributed by atoms with Crippen LogP contribution in [-0.2, 0) is 0 Å². The number of anilines is 1. The highest BCUT2D eigenvalue weighted by atomic mass is 15.0. The van der Waals surface area contributed by atoms with E-state index >= 15 is 0 Å². The third-order valence-electron chi connectivity index (χ3n) is 5.84. The van der Waals surface area contributed by atoms with Gasteiger partial charge in [-0.25, -0.2) is 0 Å². The summed E-state index contributed by atoms with van der Waals surface area (Å²) in [5.74, 6) is 2.90. The van der Waals surface area contributed by atoms with Crippen LogP contribution in [0, 0.1) is 23.2 Å². The van der Waals surface area contributed by atoms with Gasteiger partial charge in [0.15, 0.2) is 0 Å². The molecule has 0 aromatic heterocycles. The summed E-state index contributed by atoms with van der Waals surface area (Å²) in [4.78, 5) is 0. The third kappa shape index (κ3) is 3.44. The molecular weight excluding hydrogens is 254 g/mol. The minimum atomic E-state index is 0.349. The van der Waals surface area contributed by atoms with Crippen LogP contribution in [0.5, 0.6) is 0 Å². The molecule has 0 spiro atoms. The van der Waals surface area contributed by atoms with E-state index in [0.717, 1.165) is 11.8 Å². The van der Waals surface area contributed by atoms with Gasteiger partial charge in [0, 0.05) is 11.7 Å². The molecule has 0 aliphatic heterocycles. The Bertz CT molecular complexity index is 457. The number of hydrogen-bond acceptors (Lipinski definition) is 1. The van der Waals surface area contributed by atoms with Gasteiger partial charge in [0.2, 0.25) is 0 Å². The van der Waals surface area contributed by atoms with Crippen LogP contribution in [0.4, 0.5) is 5.69 Å². The maximum atomic E-state index is 3.84. The van der Waals surface area contributed by atoms with Gasteiger partial charge in [-0.1, -0.05) is 60.6 Å². The first-order chi connectivity index (χ1) is 9.72. The lowest BCUT2D eigenvalue weighted by Gasteiger charge is -2.49. The van der Waals surface area contributed by atoms with Crippen molar-refractivity contribution in [2.24, 2.45) is 23.2 Å². The lowest BCUT2D eigenvalue weighted by molar-refractivity contribution is 0.0666. The molecule has 0 bridgehead atoms. The molecule has 21 heavy (non-hydrogen) atoms. The molecule has 1 heteroatoms. The summed E-state index contributed by atoms with van der Waals surface area (Å²) in [5, 5.41) is 3.84. The largest absolute Gasteiger partial charge is 0.381 e. The quantitative estimate of drug-likeness (QED) is 0.726. The lowest BCUT2D eigenvalue weighted by Crippen LogP contribution is -2.50. The van der Waals surface area contributed by atoms with Gasteiger partial charge in [-0.2, -0.15) is 0 Å². The van der Waals surface area contributed by atoms with E-state index in [9.17, 15) is 0 Å². The fraction of sp³-hybridized carbons (Fsp3) is 0.700. The molecule has 118 valence electrons. The van der Waals surface area contributed by atoms with Gasteiger partial charge in [0.05, 0.1) is 0 Å². The van der Waals surface area contributed by atoms with Crippen LogP contribution in [-0.4, -0.2) is 6.04 Å². The Morgan fingerprint density at radius 1 is 1.00 bits per heavy atom. The van der Waals surface area contributed by atoms with Gasteiger partial charge in [-0.05, 0) is 53.2 Å². The Balaban J connectivity index is 2.16. The van der Waals surface area contributed by atoms with Crippen LogP contribution in [0.3, 0.4) is 0 Å². The van der Waals surface area contributed by atoms with Crippen molar-refractivity contribution in [3.63, 3.8) is 0 Å². The summed E-state index contributed by atoms with van der Waals surface area (Å²) in [5.41, 5.74) is 3.03. The Morgan fingerprint density at radius 3 is 2.10 bits per heavy atom. The highest BCUT2D eigenvalue weighted by molar-refractivity contribution is 5.46. The zero-order chi connectivity index (χ0) is 15.8. The first-order valence-electron chi connectivity index (χ1n) is 8.59. The monoisotopic (exact) mass is 287 g/mol. The van der Waals surface area contributed by atoms with E-state index in [1.54, 1.807) is 0 Å². The summed E-state index contributed by atoms with van der Waals surface area (Å²) in [6.45, 7) is 16.6. The van der Waals surface area contributed by atoms with E-state index in [4.69, 9.17) is 0 Å². The van der Waals surface area contributed by atoms with Crippen LogP contribution in [0.15, 0.2) is 24.3 Å². The van der Waals surface area contributed by atoms with E-state index in [-0.39, 0.29) is 0 Å². The topological polar surface area (TPSA) is 12.0 Å². The Morgan fingerprint density at radius 2 is 1.57 bits per heavy atom. The van der Waals surface area contributed by atoms with Crippen molar-refractivity contribution in [1.29, 1.82) is 0 Å². The van der Waals surface area contributed by atoms with Crippen LogP contribution >= 0.6 is 0 Å². The SMILES string of the molecule is CC(C)c1ccc(N[C@@H]2[C@H](C)C(C)C(C)CC2(C)C)cc1. The van der Waals surface area contributed by atoms with Gasteiger partial charge in [-0.3, -0.25) is 0 Å². The van der Waals surface area contributed by atoms with E-state index in [0.29, 0.717) is 23.3 Å². The van der Waals surface area contributed by atoms with Crippen molar-refractivity contribution in [3.05, 3.63) is 29.8 Å². The molecule has 4 atom stereocenters. The van der Waals surface area contributed by atoms with E-state index in [1.165, 1.54) is 17.7 Å². The number of nitrogens with one attached hydrogen (secondary N) is 1. The molecule has 1 nitrogen and oxygen atoms in total. The fourth-order valence-electron chi connectivity index (χ4n) is 4.15. The highest BCUT2D eigenvalue weighted by Crippen LogP contribution is 2.46. The normalized spacial score (nSPS) is 32.2. The number of benzene rings is 1. The van der Waals surface area contributed by atoms with Gasteiger partial charge >= 0.3 is 0 Å². The first-order valence-corrected chi connectivity index (χ1v) is 8.59. The van der Waals surface area contributed by atoms with Crippen molar-refractivity contribution in [1.82, 2.24) is 0 Å². The van der Waals surface area contributed by atoms with Gasteiger partial charge in [0.1, 0.15) is 0 Å². The zero-order valence-corrected chi connectivity index (χ0v) is 14.9. The minimum Gasteiger partial charge on any atom is -0.381 e.